The second-order valence-electron chi connectivity index (χ2n) is 6.57. The van der Waals surface area contributed by atoms with Gasteiger partial charge in [-0.3, -0.25) is 9.59 Å². The normalized spacial score (nSPS) is 15.1. The van der Waals surface area contributed by atoms with Crippen LogP contribution in [-0.2, 0) is 9.59 Å². The fraction of sp³-hybridized carbons (Fsp3) is 0.889. The average molecular weight is 347 g/mol. The Morgan fingerprint density at radius 3 is 1.74 bits per heavy atom. The molecule has 23 heavy (non-hydrogen) atoms. The number of thioether (sulfide) groups is 1. The SMILES string of the molecule is CCCCCCCCCCCCC(C)(SC(C)C(=O)O)C(=O)O. The maximum absolute atomic E-state index is 11.5. The van der Waals surface area contributed by atoms with Gasteiger partial charge in [0.25, 0.3) is 0 Å². The Morgan fingerprint density at radius 2 is 1.35 bits per heavy atom. The number of carboxylic acids is 2. The van der Waals surface area contributed by atoms with Gasteiger partial charge in [-0.2, -0.15) is 0 Å². The molecule has 0 aliphatic heterocycles. The van der Waals surface area contributed by atoms with E-state index in [1.54, 1.807) is 13.8 Å². The van der Waals surface area contributed by atoms with Gasteiger partial charge in [-0.05, 0) is 20.3 Å². The minimum Gasteiger partial charge on any atom is -0.480 e. The van der Waals surface area contributed by atoms with Crippen molar-refractivity contribution in [3.05, 3.63) is 0 Å². The van der Waals surface area contributed by atoms with E-state index in [2.05, 4.69) is 6.92 Å². The molecule has 0 aliphatic rings. The molecule has 2 unspecified atom stereocenters. The van der Waals surface area contributed by atoms with Gasteiger partial charge >= 0.3 is 11.9 Å². The first kappa shape index (κ1) is 22.3. The molecule has 2 N–H and O–H groups in total. The first-order valence-corrected chi connectivity index (χ1v) is 9.85. The third kappa shape index (κ3) is 10.6. The summed E-state index contributed by atoms with van der Waals surface area (Å²) in [5.74, 6) is -1.86. The summed E-state index contributed by atoms with van der Waals surface area (Å²) in [6.07, 6.45) is 12.6. The molecule has 0 saturated heterocycles. The fourth-order valence-corrected chi connectivity index (χ4v) is 3.85. The van der Waals surface area contributed by atoms with Gasteiger partial charge in [0.05, 0.1) is 0 Å². The van der Waals surface area contributed by atoms with E-state index in [4.69, 9.17) is 5.11 Å². The molecule has 0 fully saturated rings. The van der Waals surface area contributed by atoms with Crippen LogP contribution >= 0.6 is 11.8 Å². The lowest BCUT2D eigenvalue weighted by Gasteiger charge is -2.26. The van der Waals surface area contributed by atoms with E-state index < -0.39 is 21.9 Å². The second-order valence-corrected chi connectivity index (χ2v) is 8.41. The molecule has 0 heterocycles. The Kier molecular flexibility index (Phi) is 12.3. The molecule has 0 radical (unpaired) electrons. The zero-order valence-corrected chi connectivity index (χ0v) is 15.8. The van der Waals surface area contributed by atoms with Crippen LogP contribution in [0.25, 0.3) is 0 Å². The molecule has 136 valence electrons. The van der Waals surface area contributed by atoms with Gasteiger partial charge in [0.15, 0.2) is 0 Å². The number of unbranched alkanes of at least 4 members (excludes halogenated alkanes) is 9. The van der Waals surface area contributed by atoms with Gasteiger partial charge in [0.2, 0.25) is 0 Å². The lowest BCUT2D eigenvalue weighted by atomic mass is 10.0. The number of hydrogen-bond acceptors (Lipinski definition) is 3. The second kappa shape index (κ2) is 12.7. The highest BCUT2D eigenvalue weighted by Crippen LogP contribution is 2.34. The molecule has 2 atom stereocenters. The van der Waals surface area contributed by atoms with E-state index in [0.717, 1.165) is 31.0 Å². The van der Waals surface area contributed by atoms with E-state index in [-0.39, 0.29) is 0 Å². The van der Waals surface area contributed by atoms with Crippen molar-refractivity contribution in [2.45, 2.75) is 101 Å². The molecule has 0 bridgehead atoms. The van der Waals surface area contributed by atoms with Crippen LogP contribution in [0.1, 0.15) is 91.4 Å². The lowest BCUT2D eigenvalue weighted by Crippen LogP contribution is -2.35. The van der Waals surface area contributed by atoms with Crippen molar-refractivity contribution in [3.8, 4) is 0 Å². The molecule has 5 heteroatoms. The lowest BCUT2D eigenvalue weighted by molar-refractivity contribution is -0.139. The van der Waals surface area contributed by atoms with E-state index >= 15 is 0 Å². The first-order valence-electron chi connectivity index (χ1n) is 8.97. The molecule has 0 amide bonds. The van der Waals surface area contributed by atoms with Gasteiger partial charge in [-0.25, -0.2) is 0 Å². The summed E-state index contributed by atoms with van der Waals surface area (Å²) < 4.78 is -1.00. The van der Waals surface area contributed by atoms with Crippen LogP contribution in [0, 0.1) is 0 Å². The summed E-state index contributed by atoms with van der Waals surface area (Å²) in [6.45, 7) is 5.42. The van der Waals surface area contributed by atoms with Crippen LogP contribution in [0.2, 0.25) is 0 Å². The van der Waals surface area contributed by atoms with Crippen LogP contribution in [-0.4, -0.2) is 32.1 Å². The number of carbonyl (C=O) groups is 2. The van der Waals surface area contributed by atoms with Crippen LogP contribution in [0.15, 0.2) is 0 Å². The molecule has 0 saturated carbocycles. The van der Waals surface area contributed by atoms with Crippen molar-refractivity contribution in [1.29, 1.82) is 0 Å². The van der Waals surface area contributed by atoms with Crippen molar-refractivity contribution in [2.24, 2.45) is 0 Å². The van der Waals surface area contributed by atoms with E-state index in [0.29, 0.717) is 6.42 Å². The number of carboxylic acid groups (broad SMARTS) is 2. The van der Waals surface area contributed by atoms with Gasteiger partial charge in [0, 0.05) is 0 Å². The van der Waals surface area contributed by atoms with Crippen molar-refractivity contribution in [2.75, 3.05) is 0 Å². The summed E-state index contributed by atoms with van der Waals surface area (Å²) in [4.78, 5) is 22.4. The van der Waals surface area contributed by atoms with Crippen molar-refractivity contribution in [1.82, 2.24) is 0 Å². The summed E-state index contributed by atoms with van der Waals surface area (Å²) in [5, 5.41) is 17.7. The number of aliphatic carboxylic acids is 2. The highest BCUT2D eigenvalue weighted by atomic mass is 32.2. The van der Waals surface area contributed by atoms with Gasteiger partial charge in [-0.15, -0.1) is 11.8 Å². The zero-order chi connectivity index (χ0) is 17.7. The maximum Gasteiger partial charge on any atom is 0.319 e. The molecule has 0 aromatic rings. The predicted octanol–water partition coefficient (Wildman–Crippen LogP) is 5.35. The highest BCUT2D eigenvalue weighted by molar-refractivity contribution is 8.02. The van der Waals surface area contributed by atoms with Crippen LogP contribution < -0.4 is 0 Å². The zero-order valence-electron chi connectivity index (χ0n) is 15.0. The standard InChI is InChI=1S/C18H34O4S/c1-4-5-6-7-8-9-10-11-12-13-14-18(3,17(21)22)23-15(2)16(19)20/h15H,4-14H2,1-3H3,(H,19,20)(H,21,22). The molecule has 0 aromatic carbocycles. The third-order valence-electron chi connectivity index (χ3n) is 4.24. The summed E-state index contributed by atoms with van der Waals surface area (Å²) in [6, 6.07) is 0. The molecule has 0 aromatic heterocycles. The van der Waals surface area contributed by atoms with Crippen molar-refractivity contribution in [3.63, 3.8) is 0 Å². The number of hydrogen-bond donors (Lipinski definition) is 2. The highest BCUT2D eigenvalue weighted by Gasteiger charge is 2.36. The quantitative estimate of drug-likeness (QED) is 0.391. The minimum absolute atomic E-state index is 0.529. The summed E-state index contributed by atoms with van der Waals surface area (Å²) in [5.41, 5.74) is 0. The Bertz CT molecular complexity index is 346. The Morgan fingerprint density at radius 1 is 0.913 bits per heavy atom. The van der Waals surface area contributed by atoms with E-state index in [1.165, 1.54) is 44.9 Å². The summed E-state index contributed by atoms with van der Waals surface area (Å²) >= 11 is 1.04. The molecule has 4 nitrogen and oxygen atoms in total. The van der Waals surface area contributed by atoms with Crippen molar-refractivity contribution < 1.29 is 19.8 Å². The minimum atomic E-state index is -1.00. The van der Waals surface area contributed by atoms with Gasteiger partial charge < -0.3 is 10.2 Å². The number of rotatable bonds is 15. The average Bonchev–Trinajstić information content (AvgIpc) is 2.48. The molecule has 0 rings (SSSR count). The Labute approximate surface area is 145 Å². The van der Waals surface area contributed by atoms with Crippen LogP contribution in [0.4, 0.5) is 0 Å². The molecule has 0 aliphatic carbocycles. The van der Waals surface area contributed by atoms with Crippen LogP contribution in [0.3, 0.4) is 0 Å². The Hall–Kier alpha value is -0.710. The van der Waals surface area contributed by atoms with E-state index in [1.807, 2.05) is 0 Å². The molecule has 0 spiro atoms. The van der Waals surface area contributed by atoms with E-state index in [9.17, 15) is 14.7 Å². The first-order chi connectivity index (χ1) is 10.8. The fourth-order valence-electron chi connectivity index (χ4n) is 2.61. The topological polar surface area (TPSA) is 74.6 Å². The van der Waals surface area contributed by atoms with Gasteiger partial charge in [0.1, 0.15) is 10.00 Å². The van der Waals surface area contributed by atoms with Crippen LogP contribution in [0.5, 0.6) is 0 Å². The summed E-state index contributed by atoms with van der Waals surface area (Å²) in [7, 11) is 0. The Balaban J connectivity index is 3.85. The molecular weight excluding hydrogens is 312 g/mol. The smallest absolute Gasteiger partial charge is 0.319 e. The third-order valence-corrected chi connectivity index (χ3v) is 5.70. The van der Waals surface area contributed by atoms with Crippen molar-refractivity contribution >= 4 is 23.7 Å². The molecular formula is C18H34O4S. The maximum atomic E-state index is 11.5. The predicted molar refractivity (Wildman–Crippen MR) is 97.2 cm³/mol. The van der Waals surface area contributed by atoms with Gasteiger partial charge in [-0.1, -0.05) is 71.1 Å². The monoisotopic (exact) mass is 346 g/mol. The largest absolute Gasteiger partial charge is 0.480 e.